The SMILES string of the molecule is CCn1cnnc1CN(C)C(=O)COC[C@H]1CCCCO1. The van der Waals surface area contributed by atoms with Crippen LogP contribution in [0.15, 0.2) is 6.33 Å². The van der Waals surface area contributed by atoms with Gasteiger partial charge in [0.2, 0.25) is 5.91 Å². The van der Waals surface area contributed by atoms with E-state index in [1.54, 1.807) is 18.3 Å². The number of likely N-dealkylation sites (N-methyl/N-ethyl adjacent to an activating group) is 1. The van der Waals surface area contributed by atoms with Gasteiger partial charge in [-0.1, -0.05) is 0 Å². The predicted molar refractivity (Wildman–Crippen MR) is 76.6 cm³/mol. The van der Waals surface area contributed by atoms with Crippen molar-refractivity contribution in [1.82, 2.24) is 19.7 Å². The van der Waals surface area contributed by atoms with E-state index in [4.69, 9.17) is 9.47 Å². The third kappa shape index (κ3) is 4.78. The zero-order valence-electron chi connectivity index (χ0n) is 12.8. The Kier molecular flexibility index (Phi) is 6.13. The fourth-order valence-electron chi connectivity index (χ4n) is 2.29. The van der Waals surface area contributed by atoms with Crippen LogP contribution in [0, 0.1) is 0 Å². The highest BCUT2D eigenvalue weighted by Crippen LogP contribution is 2.12. The minimum atomic E-state index is -0.0588. The van der Waals surface area contributed by atoms with E-state index in [1.807, 2.05) is 11.5 Å². The molecule has 1 saturated heterocycles. The van der Waals surface area contributed by atoms with Crippen LogP contribution in [-0.2, 0) is 27.4 Å². The first-order chi connectivity index (χ1) is 10.2. The van der Waals surface area contributed by atoms with E-state index in [2.05, 4.69) is 10.2 Å². The van der Waals surface area contributed by atoms with Crippen molar-refractivity contribution in [2.75, 3.05) is 26.9 Å². The summed E-state index contributed by atoms with van der Waals surface area (Å²) < 4.78 is 13.0. The highest BCUT2D eigenvalue weighted by atomic mass is 16.5. The maximum absolute atomic E-state index is 12.0. The van der Waals surface area contributed by atoms with Gasteiger partial charge in [0.25, 0.3) is 0 Å². The summed E-state index contributed by atoms with van der Waals surface area (Å²) in [6.07, 6.45) is 5.12. The van der Waals surface area contributed by atoms with Crippen LogP contribution in [0.2, 0.25) is 0 Å². The molecule has 1 aliphatic heterocycles. The van der Waals surface area contributed by atoms with Gasteiger partial charge in [-0.3, -0.25) is 4.79 Å². The number of nitrogens with zero attached hydrogens (tertiary/aromatic N) is 4. The van der Waals surface area contributed by atoms with Crippen molar-refractivity contribution in [1.29, 1.82) is 0 Å². The Balaban J connectivity index is 1.69. The molecule has 0 bridgehead atoms. The van der Waals surface area contributed by atoms with Crippen molar-refractivity contribution in [3.8, 4) is 0 Å². The Hall–Kier alpha value is -1.47. The van der Waals surface area contributed by atoms with E-state index in [0.717, 1.165) is 31.8 Å². The van der Waals surface area contributed by atoms with Crippen molar-refractivity contribution in [2.24, 2.45) is 0 Å². The minimum Gasteiger partial charge on any atom is -0.376 e. The number of hydrogen-bond acceptors (Lipinski definition) is 5. The molecule has 1 aromatic rings. The molecule has 1 fully saturated rings. The lowest BCUT2D eigenvalue weighted by Gasteiger charge is -2.23. The molecule has 118 valence electrons. The molecule has 0 saturated carbocycles. The Bertz CT molecular complexity index is 443. The lowest BCUT2D eigenvalue weighted by atomic mass is 10.1. The molecule has 7 heteroatoms. The van der Waals surface area contributed by atoms with Crippen LogP contribution < -0.4 is 0 Å². The van der Waals surface area contributed by atoms with Crippen molar-refractivity contribution < 1.29 is 14.3 Å². The smallest absolute Gasteiger partial charge is 0.248 e. The molecule has 1 amide bonds. The molecular weight excluding hydrogens is 272 g/mol. The number of carbonyl (C=O) groups is 1. The van der Waals surface area contributed by atoms with Gasteiger partial charge in [0, 0.05) is 20.2 Å². The first-order valence-corrected chi connectivity index (χ1v) is 7.50. The van der Waals surface area contributed by atoms with Crippen LogP contribution >= 0.6 is 0 Å². The topological polar surface area (TPSA) is 69.5 Å². The Labute approximate surface area is 125 Å². The largest absolute Gasteiger partial charge is 0.376 e. The van der Waals surface area contributed by atoms with Gasteiger partial charge in [-0.25, -0.2) is 0 Å². The average molecular weight is 296 g/mol. The van der Waals surface area contributed by atoms with Gasteiger partial charge in [-0.15, -0.1) is 10.2 Å². The van der Waals surface area contributed by atoms with Gasteiger partial charge in [-0.2, -0.15) is 0 Å². The first kappa shape index (κ1) is 15.9. The van der Waals surface area contributed by atoms with Gasteiger partial charge < -0.3 is 18.9 Å². The quantitative estimate of drug-likeness (QED) is 0.746. The zero-order valence-corrected chi connectivity index (χ0v) is 12.8. The molecule has 1 aliphatic rings. The molecule has 0 aliphatic carbocycles. The summed E-state index contributed by atoms with van der Waals surface area (Å²) >= 11 is 0. The van der Waals surface area contributed by atoms with E-state index in [9.17, 15) is 4.79 Å². The van der Waals surface area contributed by atoms with E-state index in [1.165, 1.54) is 6.42 Å². The van der Waals surface area contributed by atoms with Gasteiger partial charge in [0.15, 0.2) is 5.82 Å². The fourth-order valence-corrected chi connectivity index (χ4v) is 2.29. The van der Waals surface area contributed by atoms with Crippen LogP contribution in [0.25, 0.3) is 0 Å². The number of amides is 1. The van der Waals surface area contributed by atoms with Gasteiger partial charge in [-0.05, 0) is 26.2 Å². The first-order valence-electron chi connectivity index (χ1n) is 7.50. The van der Waals surface area contributed by atoms with E-state index in [-0.39, 0.29) is 18.6 Å². The molecule has 0 aromatic carbocycles. The molecule has 0 spiro atoms. The Morgan fingerprint density at radius 3 is 3.14 bits per heavy atom. The monoisotopic (exact) mass is 296 g/mol. The summed E-state index contributed by atoms with van der Waals surface area (Å²) in [6, 6.07) is 0. The average Bonchev–Trinajstić information content (AvgIpc) is 2.95. The molecule has 1 atom stereocenters. The predicted octanol–water partition coefficient (Wildman–Crippen LogP) is 0.842. The molecule has 0 radical (unpaired) electrons. The van der Waals surface area contributed by atoms with Crippen molar-refractivity contribution in [3.63, 3.8) is 0 Å². The summed E-state index contributed by atoms with van der Waals surface area (Å²) in [5.41, 5.74) is 0. The van der Waals surface area contributed by atoms with E-state index >= 15 is 0 Å². The van der Waals surface area contributed by atoms with Gasteiger partial charge in [0.1, 0.15) is 12.9 Å². The molecule has 0 N–H and O–H groups in total. The number of ether oxygens (including phenoxy) is 2. The maximum atomic E-state index is 12.0. The second-order valence-corrected chi connectivity index (χ2v) is 5.29. The van der Waals surface area contributed by atoms with Crippen LogP contribution in [0.5, 0.6) is 0 Å². The van der Waals surface area contributed by atoms with Crippen molar-refractivity contribution in [3.05, 3.63) is 12.2 Å². The van der Waals surface area contributed by atoms with Crippen LogP contribution in [0.4, 0.5) is 0 Å². The fraction of sp³-hybridized carbons (Fsp3) is 0.786. The third-order valence-corrected chi connectivity index (χ3v) is 3.64. The molecule has 0 unspecified atom stereocenters. The number of hydrogen-bond donors (Lipinski definition) is 0. The van der Waals surface area contributed by atoms with Crippen LogP contribution in [0.1, 0.15) is 32.0 Å². The molecule has 1 aromatic heterocycles. The van der Waals surface area contributed by atoms with E-state index in [0.29, 0.717) is 13.2 Å². The van der Waals surface area contributed by atoms with Crippen molar-refractivity contribution in [2.45, 2.75) is 45.4 Å². The van der Waals surface area contributed by atoms with Gasteiger partial charge in [0.05, 0.1) is 19.3 Å². The molecule has 2 rings (SSSR count). The lowest BCUT2D eigenvalue weighted by molar-refractivity contribution is -0.137. The number of rotatable bonds is 7. The molecular formula is C14H24N4O3. The molecule has 2 heterocycles. The maximum Gasteiger partial charge on any atom is 0.248 e. The second-order valence-electron chi connectivity index (χ2n) is 5.29. The zero-order chi connectivity index (χ0) is 15.1. The highest BCUT2D eigenvalue weighted by Gasteiger charge is 2.16. The summed E-state index contributed by atoms with van der Waals surface area (Å²) in [5, 5.41) is 7.88. The second kappa shape index (κ2) is 8.09. The van der Waals surface area contributed by atoms with Crippen LogP contribution in [-0.4, -0.2) is 58.5 Å². The minimum absolute atomic E-state index is 0.0588. The summed E-state index contributed by atoms with van der Waals surface area (Å²) in [4.78, 5) is 13.6. The lowest BCUT2D eigenvalue weighted by Crippen LogP contribution is -2.33. The standard InChI is InChI=1S/C14H24N4O3/c1-3-18-11-15-16-13(18)8-17(2)14(19)10-20-9-12-6-4-5-7-21-12/h11-12H,3-10H2,1-2H3/t12-/m1/s1. The third-order valence-electron chi connectivity index (χ3n) is 3.64. The highest BCUT2D eigenvalue weighted by molar-refractivity contribution is 5.77. The normalized spacial score (nSPS) is 18.7. The van der Waals surface area contributed by atoms with E-state index < -0.39 is 0 Å². The number of aryl methyl sites for hydroxylation is 1. The Morgan fingerprint density at radius 2 is 2.43 bits per heavy atom. The summed E-state index contributed by atoms with van der Waals surface area (Å²) in [5.74, 6) is 0.723. The van der Waals surface area contributed by atoms with Crippen molar-refractivity contribution >= 4 is 5.91 Å². The molecule has 7 nitrogen and oxygen atoms in total. The van der Waals surface area contributed by atoms with Gasteiger partial charge >= 0.3 is 0 Å². The van der Waals surface area contributed by atoms with Crippen LogP contribution in [0.3, 0.4) is 0 Å². The summed E-state index contributed by atoms with van der Waals surface area (Å²) in [7, 11) is 1.75. The Morgan fingerprint density at radius 1 is 1.57 bits per heavy atom. The number of carbonyl (C=O) groups excluding carboxylic acids is 1. The summed E-state index contributed by atoms with van der Waals surface area (Å²) in [6.45, 7) is 4.62. The molecule has 21 heavy (non-hydrogen) atoms. The number of aromatic nitrogens is 3.